The van der Waals surface area contributed by atoms with Crippen molar-refractivity contribution in [3.63, 3.8) is 0 Å². The molecular formula is C25H38N4O2. The quantitative estimate of drug-likeness (QED) is 0.270. The Labute approximate surface area is 186 Å². The van der Waals surface area contributed by atoms with E-state index in [9.17, 15) is 0 Å². The molecule has 0 atom stereocenters. The number of hydrogen-bond acceptors (Lipinski definition) is 4. The molecule has 4 N–H and O–H groups in total. The van der Waals surface area contributed by atoms with Crippen molar-refractivity contribution in [3.8, 4) is 11.4 Å². The van der Waals surface area contributed by atoms with E-state index in [1.165, 1.54) is 57.8 Å². The van der Waals surface area contributed by atoms with Crippen molar-refractivity contribution in [1.29, 1.82) is 0 Å². The Kier molecular flexibility index (Phi) is 12.3. The Bertz CT molecular complexity index is 779. The zero-order chi connectivity index (χ0) is 22.2. The first-order chi connectivity index (χ1) is 15.3. The van der Waals surface area contributed by atoms with Gasteiger partial charge in [0.05, 0.1) is 24.6 Å². The molecule has 2 aromatic heterocycles. The fourth-order valence-electron chi connectivity index (χ4n) is 3.48. The number of nitrogens with zero attached hydrogens (tertiary/aromatic N) is 2. The molecule has 0 unspecified atom stereocenters. The topological polar surface area (TPSA) is 97.8 Å². The van der Waals surface area contributed by atoms with Crippen LogP contribution in [0.1, 0.15) is 81.9 Å². The summed E-state index contributed by atoms with van der Waals surface area (Å²) in [6.07, 6.45) is 17.4. The summed E-state index contributed by atoms with van der Waals surface area (Å²) in [6.45, 7) is 1.96. The molecule has 0 aliphatic heterocycles. The fourth-order valence-corrected chi connectivity index (χ4v) is 3.48. The summed E-state index contributed by atoms with van der Waals surface area (Å²) < 4.78 is 0. The van der Waals surface area contributed by atoms with E-state index in [2.05, 4.69) is 26.9 Å². The van der Waals surface area contributed by atoms with Gasteiger partial charge in [0.2, 0.25) is 0 Å². The molecular weight excluding hydrogens is 388 g/mol. The number of rotatable bonds is 13. The number of aryl methyl sites for hydroxylation is 1. The van der Waals surface area contributed by atoms with Crippen molar-refractivity contribution in [2.45, 2.75) is 84.3 Å². The summed E-state index contributed by atoms with van der Waals surface area (Å²) >= 11 is 0. The second kappa shape index (κ2) is 15.4. The molecule has 6 heteroatoms. The van der Waals surface area contributed by atoms with Crippen LogP contribution in [0.2, 0.25) is 0 Å². The van der Waals surface area contributed by atoms with E-state index in [0.29, 0.717) is 17.2 Å². The van der Waals surface area contributed by atoms with Gasteiger partial charge < -0.3 is 20.2 Å². The number of unbranched alkanes of at least 4 members (excludes halogenated alkanes) is 8. The maximum Gasteiger partial charge on any atom is 0.137 e. The number of aliphatic hydroxyl groups excluding tert-OH is 2. The number of benzene rings is 1. The first-order valence-electron chi connectivity index (χ1n) is 11.6. The van der Waals surface area contributed by atoms with E-state index in [1.807, 2.05) is 42.7 Å². The predicted molar refractivity (Wildman–Crippen MR) is 125 cm³/mol. The monoisotopic (exact) mass is 426 g/mol. The molecule has 0 fully saturated rings. The molecule has 0 radical (unpaired) electrons. The highest BCUT2D eigenvalue weighted by atomic mass is 16.3. The largest absolute Gasteiger partial charge is 0.390 e. The maximum atomic E-state index is 9.03. The van der Waals surface area contributed by atoms with Crippen LogP contribution < -0.4 is 0 Å². The van der Waals surface area contributed by atoms with Crippen molar-refractivity contribution < 1.29 is 10.2 Å². The van der Waals surface area contributed by atoms with E-state index < -0.39 is 0 Å². The van der Waals surface area contributed by atoms with Crippen LogP contribution in [0.4, 0.5) is 0 Å². The van der Waals surface area contributed by atoms with E-state index in [-0.39, 0.29) is 13.2 Å². The molecule has 170 valence electrons. The highest BCUT2D eigenvalue weighted by Crippen LogP contribution is 2.18. The normalized spacial score (nSPS) is 10.7. The molecule has 6 nitrogen and oxygen atoms in total. The van der Waals surface area contributed by atoms with Crippen LogP contribution in [0.3, 0.4) is 0 Å². The van der Waals surface area contributed by atoms with E-state index >= 15 is 0 Å². The number of imidazole rings is 2. The summed E-state index contributed by atoms with van der Waals surface area (Å²) in [5.41, 5.74) is 2.00. The smallest absolute Gasteiger partial charge is 0.137 e. The molecule has 0 saturated carbocycles. The number of nitrogens with one attached hydrogen (secondary N) is 2. The lowest BCUT2D eigenvalue weighted by Gasteiger charge is -2.01. The molecule has 1 aromatic carbocycles. The van der Waals surface area contributed by atoms with Gasteiger partial charge in [-0.2, -0.15) is 0 Å². The molecule has 0 amide bonds. The van der Waals surface area contributed by atoms with Crippen LogP contribution in [0, 0.1) is 0 Å². The highest BCUT2D eigenvalue weighted by Gasteiger charge is 2.09. The van der Waals surface area contributed by atoms with Crippen LogP contribution in [0.25, 0.3) is 11.4 Å². The van der Waals surface area contributed by atoms with Crippen LogP contribution >= 0.6 is 0 Å². The van der Waals surface area contributed by atoms with Gasteiger partial charge in [-0.25, -0.2) is 9.97 Å². The average molecular weight is 427 g/mol. The Morgan fingerprint density at radius 2 is 1.52 bits per heavy atom. The van der Waals surface area contributed by atoms with Crippen LogP contribution in [-0.2, 0) is 19.6 Å². The van der Waals surface area contributed by atoms with Crippen molar-refractivity contribution in [1.82, 2.24) is 19.9 Å². The second-order valence-electron chi connectivity index (χ2n) is 7.81. The standard InChI is InChI=1S/C14H26N2.C11H12N2O2/c1-2-3-4-5-6-7-8-9-10-11-14-15-12-13-16-14;14-6-9-10(7-15)13-11(12-9)8-4-2-1-3-5-8/h12-13H,2-11H2,1H3,(H,15,16);1-5,14-15H,6-7H2,(H,12,13). The molecule has 0 spiro atoms. The van der Waals surface area contributed by atoms with Crippen LogP contribution in [0.15, 0.2) is 42.7 Å². The molecule has 0 saturated heterocycles. The lowest BCUT2D eigenvalue weighted by Crippen LogP contribution is -1.91. The summed E-state index contributed by atoms with van der Waals surface area (Å²) in [5.74, 6) is 1.81. The minimum Gasteiger partial charge on any atom is -0.390 e. The van der Waals surface area contributed by atoms with E-state index in [1.54, 1.807) is 0 Å². The third kappa shape index (κ3) is 9.49. The number of aliphatic hydroxyl groups is 2. The summed E-state index contributed by atoms with van der Waals surface area (Å²) in [6, 6.07) is 9.58. The summed E-state index contributed by atoms with van der Waals surface area (Å²) in [5, 5.41) is 18.0. The molecule has 0 aliphatic carbocycles. The van der Waals surface area contributed by atoms with E-state index in [0.717, 1.165) is 17.8 Å². The van der Waals surface area contributed by atoms with Gasteiger partial charge in [-0.15, -0.1) is 0 Å². The predicted octanol–water partition coefficient (Wildman–Crippen LogP) is 5.54. The van der Waals surface area contributed by atoms with Gasteiger partial charge in [0, 0.05) is 24.4 Å². The van der Waals surface area contributed by atoms with Crippen molar-refractivity contribution in [2.24, 2.45) is 0 Å². The molecule has 31 heavy (non-hydrogen) atoms. The maximum absolute atomic E-state index is 9.03. The van der Waals surface area contributed by atoms with Gasteiger partial charge in [-0.1, -0.05) is 88.6 Å². The molecule has 0 bridgehead atoms. The van der Waals surface area contributed by atoms with Gasteiger partial charge in [-0.3, -0.25) is 0 Å². The van der Waals surface area contributed by atoms with Gasteiger partial charge >= 0.3 is 0 Å². The molecule has 3 rings (SSSR count). The lowest BCUT2D eigenvalue weighted by atomic mass is 10.1. The summed E-state index contributed by atoms with van der Waals surface area (Å²) in [7, 11) is 0. The fraction of sp³-hybridized carbons (Fsp3) is 0.520. The van der Waals surface area contributed by atoms with Gasteiger partial charge in [-0.05, 0) is 6.42 Å². The van der Waals surface area contributed by atoms with E-state index in [4.69, 9.17) is 10.2 Å². The van der Waals surface area contributed by atoms with Crippen LogP contribution in [0.5, 0.6) is 0 Å². The Morgan fingerprint density at radius 3 is 2.06 bits per heavy atom. The van der Waals surface area contributed by atoms with Crippen LogP contribution in [-0.4, -0.2) is 30.1 Å². The minimum atomic E-state index is -0.167. The number of aromatic amines is 2. The third-order valence-corrected chi connectivity index (χ3v) is 5.29. The van der Waals surface area contributed by atoms with Crippen molar-refractivity contribution in [2.75, 3.05) is 0 Å². The lowest BCUT2D eigenvalue weighted by molar-refractivity contribution is 0.255. The third-order valence-electron chi connectivity index (χ3n) is 5.29. The molecule has 2 heterocycles. The van der Waals surface area contributed by atoms with Gasteiger partial charge in [0.25, 0.3) is 0 Å². The number of hydrogen-bond donors (Lipinski definition) is 4. The Morgan fingerprint density at radius 1 is 0.839 bits per heavy atom. The zero-order valence-corrected chi connectivity index (χ0v) is 18.8. The van der Waals surface area contributed by atoms with Crippen molar-refractivity contribution in [3.05, 3.63) is 59.9 Å². The Hall–Kier alpha value is -2.44. The highest BCUT2D eigenvalue weighted by molar-refractivity contribution is 5.55. The first kappa shape index (κ1) is 24.8. The van der Waals surface area contributed by atoms with Crippen molar-refractivity contribution >= 4 is 0 Å². The molecule has 0 aliphatic rings. The summed E-state index contributed by atoms with van der Waals surface area (Å²) in [4.78, 5) is 14.6. The number of H-pyrrole nitrogens is 2. The van der Waals surface area contributed by atoms with Gasteiger partial charge in [0.15, 0.2) is 0 Å². The average Bonchev–Trinajstić information content (AvgIpc) is 3.48. The SMILES string of the molecule is CCCCCCCCCCCc1ncc[nH]1.OCc1nc(-c2ccccc2)[nH]c1CO. The van der Waals surface area contributed by atoms with Gasteiger partial charge in [0.1, 0.15) is 11.6 Å². The second-order valence-corrected chi connectivity index (χ2v) is 7.81. The first-order valence-corrected chi connectivity index (χ1v) is 11.6. The minimum absolute atomic E-state index is 0.143. The zero-order valence-electron chi connectivity index (χ0n) is 18.8. The number of aromatic nitrogens is 4. The molecule has 3 aromatic rings. The Balaban J connectivity index is 0.000000220.